The van der Waals surface area contributed by atoms with Crippen LogP contribution in [0.5, 0.6) is 0 Å². The molecular weight excluding hydrogens is 1370 g/mol. The number of esters is 2. The second kappa shape index (κ2) is 38.9. The Morgan fingerprint density at radius 1 is 0.550 bits per heavy atom. The van der Waals surface area contributed by atoms with Crippen molar-refractivity contribution in [3.63, 3.8) is 0 Å². The number of hydrogen-bond acceptors (Lipinski definition) is 17. The predicted molar refractivity (Wildman–Crippen MR) is 317 cm³/mol. The van der Waals surface area contributed by atoms with Gasteiger partial charge in [0.05, 0.1) is 42.6 Å². The Labute approximate surface area is 566 Å². The SMILES string of the molecule is CCOC(=O)CCBr.CCOC(=O)CCn1c(Sc2ccccc2C)nc2c(N)nccc21.Cc1ccccc1Sc1nc2c(N)nccc2[nH]1.Cc1ccccc1Sc1nc2c(N)nccc2n1CCC(N)=O.[CH3-].[CH3-].[CH3-].[Y].[Y].[Y]. The van der Waals surface area contributed by atoms with Gasteiger partial charge in [0.2, 0.25) is 5.91 Å². The van der Waals surface area contributed by atoms with Crippen LogP contribution in [0.1, 0.15) is 49.8 Å². The van der Waals surface area contributed by atoms with E-state index in [0.29, 0.717) is 66.5 Å². The number of halogens is 1. The van der Waals surface area contributed by atoms with E-state index in [2.05, 4.69) is 107 Å². The average Bonchev–Trinajstić information content (AvgIpc) is 4.07. The number of anilines is 3. The molecule has 80 heavy (non-hydrogen) atoms. The fraction of sp³-hybridized carbons (Fsp3) is 0.236. The molecular formula is C55H67BrN13O5S3Y3-3. The quantitative estimate of drug-likeness (QED) is 0.0341. The Balaban J connectivity index is 0.00000107. The Morgan fingerprint density at radius 3 is 1.34 bits per heavy atom. The Hall–Kier alpha value is -3.83. The van der Waals surface area contributed by atoms with Crippen molar-refractivity contribution in [1.82, 2.24) is 44.0 Å². The number of nitrogens with one attached hydrogen (secondary N) is 1. The van der Waals surface area contributed by atoms with Crippen LogP contribution in [0.2, 0.25) is 0 Å². The summed E-state index contributed by atoms with van der Waals surface area (Å²) in [6, 6.07) is 30.0. The van der Waals surface area contributed by atoms with Crippen LogP contribution in [0.15, 0.2) is 140 Å². The Morgan fingerprint density at radius 2 is 0.938 bits per heavy atom. The number of primary amides is 1. The average molecular weight is 1430 g/mol. The summed E-state index contributed by atoms with van der Waals surface area (Å²) in [4.78, 5) is 65.9. The fourth-order valence-electron chi connectivity index (χ4n) is 6.95. The Bertz CT molecular complexity index is 3360. The zero-order valence-corrected chi connectivity index (χ0v) is 58.9. The first kappa shape index (κ1) is 76.2. The number of hydrogen-bond donors (Lipinski definition) is 5. The van der Waals surface area contributed by atoms with Gasteiger partial charge in [0.25, 0.3) is 0 Å². The van der Waals surface area contributed by atoms with E-state index in [0.717, 1.165) is 52.9 Å². The number of imidazole rings is 3. The summed E-state index contributed by atoms with van der Waals surface area (Å²) in [5.41, 5.74) is 31.2. The van der Waals surface area contributed by atoms with Gasteiger partial charge in [-0.3, -0.25) is 14.4 Å². The molecule has 0 aliphatic rings. The van der Waals surface area contributed by atoms with Gasteiger partial charge >= 0.3 is 11.9 Å². The molecule has 0 saturated carbocycles. The van der Waals surface area contributed by atoms with E-state index in [-0.39, 0.29) is 151 Å². The number of aromatic nitrogens is 9. The predicted octanol–water partition coefficient (Wildman–Crippen LogP) is 11.5. The maximum absolute atomic E-state index is 11.8. The van der Waals surface area contributed by atoms with E-state index in [1.54, 1.807) is 67.7 Å². The molecule has 0 aliphatic carbocycles. The zero-order chi connectivity index (χ0) is 53.1. The van der Waals surface area contributed by atoms with Crippen molar-refractivity contribution in [2.75, 3.05) is 35.7 Å². The van der Waals surface area contributed by atoms with Gasteiger partial charge in [0, 0.05) is 156 Å². The number of ether oxygens (including phenoxy) is 2. The summed E-state index contributed by atoms with van der Waals surface area (Å²) in [7, 11) is 0. The zero-order valence-electron chi connectivity index (χ0n) is 46.3. The minimum atomic E-state index is -0.347. The molecule has 6 heterocycles. The van der Waals surface area contributed by atoms with Crippen molar-refractivity contribution < 1.29 is 122 Å². The van der Waals surface area contributed by atoms with Crippen LogP contribution < -0.4 is 22.9 Å². The molecule has 6 aromatic heterocycles. The number of nitrogens with zero attached hydrogens (tertiary/aromatic N) is 8. The number of carbonyl (C=O) groups excluding carboxylic acids is 3. The van der Waals surface area contributed by atoms with E-state index < -0.39 is 0 Å². The molecule has 0 unspecified atom stereocenters. The summed E-state index contributed by atoms with van der Waals surface area (Å²) < 4.78 is 13.6. The van der Waals surface area contributed by atoms with Crippen LogP contribution in [-0.4, -0.2) is 80.4 Å². The number of aromatic amines is 1. The van der Waals surface area contributed by atoms with Crippen molar-refractivity contribution in [3.8, 4) is 0 Å². The number of benzene rings is 3. The number of nitrogens with two attached hydrogens (primary N) is 4. The molecule has 0 fully saturated rings. The summed E-state index contributed by atoms with van der Waals surface area (Å²) in [6.45, 7) is 11.6. The first-order chi connectivity index (χ1) is 35.7. The number of H-pyrrole nitrogens is 1. The monoisotopic (exact) mass is 1430 g/mol. The molecule has 0 atom stereocenters. The Kier molecular flexibility index (Phi) is 37.0. The van der Waals surface area contributed by atoms with Crippen LogP contribution in [0.4, 0.5) is 17.5 Å². The molecule has 0 spiro atoms. The molecule has 0 bridgehead atoms. The maximum Gasteiger partial charge on any atom is 0.307 e. The maximum atomic E-state index is 11.8. The normalized spacial score (nSPS) is 9.93. The molecule has 0 saturated heterocycles. The van der Waals surface area contributed by atoms with Gasteiger partial charge < -0.3 is 68.8 Å². The van der Waals surface area contributed by atoms with Crippen LogP contribution in [0.3, 0.4) is 0 Å². The van der Waals surface area contributed by atoms with Gasteiger partial charge in [-0.25, -0.2) is 29.9 Å². The number of rotatable bonds is 16. The van der Waals surface area contributed by atoms with Gasteiger partial charge in [-0.1, -0.05) is 106 Å². The first-order valence-electron chi connectivity index (χ1n) is 23.4. The molecule has 0 aliphatic heterocycles. The van der Waals surface area contributed by atoms with Crippen molar-refractivity contribution in [3.05, 3.63) is 149 Å². The number of pyridine rings is 3. The minimum Gasteiger partial charge on any atom is -0.466 e. The number of alkyl halides is 1. The second-order valence-electron chi connectivity index (χ2n) is 16.0. The summed E-state index contributed by atoms with van der Waals surface area (Å²) >= 11 is 7.82. The van der Waals surface area contributed by atoms with Crippen molar-refractivity contribution in [2.45, 2.75) is 97.1 Å². The number of amides is 1. The standard InChI is InChI=1S/C18H20N4O2S.C16H17N5OS.C13H12N4S.C5H9BrO2.3CH3.3Y/c1-3-24-15(23)9-11-22-13-8-10-20-17(19)16(13)21-18(22)25-14-7-5-4-6-12(14)2;1-10-4-2-3-5-12(10)23-16-20-14-11(6-8-19-15(14)18)21(16)9-7-13(17)22;1-8-4-2-3-5-10(8)18-13-16-9-6-7-15-12(14)11(9)17-13;1-2-8-5(7)3-4-6;;;;;;/h4-8,10H,3,9,11H2,1-2H3,(H2,19,20);2-6,8H,7,9H2,1H3,(H2,17,22)(H2,18,19);2-7H,1H3,(H2,14,15)(H,16,17);2-4H2,1H3;3*1H3;;;/q;;;;3*-1;;;. The third kappa shape index (κ3) is 22.1. The van der Waals surface area contributed by atoms with Gasteiger partial charge in [0.15, 0.2) is 32.9 Å². The van der Waals surface area contributed by atoms with E-state index in [1.165, 1.54) is 16.0 Å². The van der Waals surface area contributed by atoms with E-state index in [4.69, 9.17) is 27.7 Å². The molecule has 1 amide bonds. The van der Waals surface area contributed by atoms with Gasteiger partial charge in [-0.2, -0.15) is 0 Å². The van der Waals surface area contributed by atoms with Crippen LogP contribution in [0.25, 0.3) is 33.1 Å². The molecule has 419 valence electrons. The smallest absolute Gasteiger partial charge is 0.307 e. The van der Waals surface area contributed by atoms with Crippen LogP contribution in [-0.2, 0) is 135 Å². The minimum absolute atomic E-state index is 0. The van der Waals surface area contributed by atoms with Gasteiger partial charge in [-0.15, -0.1) is 0 Å². The number of fused-ring (bicyclic) bond motifs is 3. The van der Waals surface area contributed by atoms with Crippen LogP contribution >= 0.6 is 51.2 Å². The topological polar surface area (TPSA) is 277 Å². The van der Waals surface area contributed by atoms with Crippen molar-refractivity contribution in [1.29, 1.82) is 0 Å². The molecule has 9 aromatic rings. The summed E-state index contributed by atoms with van der Waals surface area (Å²) in [5.74, 6) is 0.523. The molecule has 3 aromatic carbocycles. The van der Waals surface area contributed by atoms with Gasteiger partial charge in [0.1, 0.15) is 16.6 Å². The molecule has 3 radical (unpaired) electrons. The van der Waals surface area contributed by atoms with E-state index in [9.17, 15) is 14.4 Å². The summed E-state index contributed by atoms with van der Waals surface area (Å²) in [5, 5.41) is 3.08. The number of carbonyl (C=O) groups is 3. The number of aryl methyl sites for hydroxylation is 5. The second-order valence-corrected chi connectivity index (χ2v) is 19.8. The fourth-order valence-corrected chi connectivity index (χ4v) is 10.2. The van der Waals surface area contributed by atoms with E-state index in [1.807, 2.05) is 69.8 Å². The first-order valence-corrected chi connectivity index (χ1v) is 27.0. The largest absolute Gasteiger partial charge is 0.466 e. The van der Waals surface area contributed by atoms with E-state index >= 15 is 0 Å². The molecule has 25 heteroatoms. The van der Waals surface area contributed by atoms with Gasteiger partial charge in [-0.05, 0) is 87.7 Å². The third-order valence-corrected chi connectivity index (χ3v) is 14.5. The van der Waals surface area contributed by atoms with Crippen molar-refractivity contribution in [2.24, 2.45) is 5.73 Å². The van der Waals surface area contributed by atoms with Crippen LogP contribution in [0, 0.1) is 43.1 Å². The van der Waals surface area contributed by atoms with Crippen molar-refractivity contribution >= 4 is 120 Å². The molecule has 18 nitrogen and oxygen atoms in total. The molecule has 9 rings (SSSR count). The number of nitrogen functional groups attached to an aromatic ring is 3. The summed E-state index contributed by atoms with van der Waals surface area (Å²) in [6.07, 6.45) is 5.97. The third-order valence-electron chi connectivity index (χ3n) is 10.6. The molecule has 9 N–H and O–H groups in total.